The van der Waals surface area contributed by atoms with Gasteiger partial charge in [0.1, 0.15) is 5.60 Å². The van der Waals surface area contributed by atoms with E-state index in [-0.39, 0.29) is 33.3 Å². The van der Waals surface area contributed by atoms with Crippen molar-refractivity contribution in [1.82, 2.24) is 0 Å². The number of fused-ring (bicyclic) bond motifs is 1. The second-order valence-electron chi connectivity index (χ2n) is 20.4. The molecule has 0 radical (unpaired) electrons. The number of allylic oxidation sites excluding steroid dienone is 5. The monoisotopic (exact) mass is 713 g/mol. The van der Waals surface area contributed by atoms with E-state index in [1.54, 1.807) is 11.1 Å². The first-order chi connectivity index (χ1) is 21.7. The van der Waals surface area contributed by atoms with Gasteiger partial charge in [-0.05, 0) is 138 Å². The van der Waals surface area contributed by atoms with Crippen LogP contribution >= 0.6 is 0 Å². The average molecular weight is 713 g/mol. The van der Waals surface area contributed by atoms with Crippen molar-refractivity contribution >= 4 is 25.0 Å². The fourth-order valence-corrected chi connectivity index (χ4v) is 12.4. The van der Waals surface area contributed by atoms with Gasteiger partial charge < -0.3 is 13.3 Å². The summed E-state index contributed by atoms with van der Waals surface area (Å²) in [5, 5.41) is 0.400. The molecule has 0 unspecified atom stereocenters. The number of hydrogen-bond donors (Lipinski definition) is 0. The SMILES string of the molecule is C[C@H](CC#CC(C)(C)O[Si](C)(C)C)C1=CCC[C@H]2/C(=C/C=C3C[C@@H](O[Si](C)(C)C(C)(C)C)C[C@H](O[Si](C)(C)C(C)(C)C)C3)CCC[C@]12C. The molecule has 0 aromatic carbocycles. The minimum atomic E-state index is -1.89. The molecule has 0 bridgehead atoms. The van der Waals surface area contributed by atoms with Crippen LogP contribution in [0.4, 0.5) is 0 Å². The molecule has 0 spiro atoms. The first-order valence-corrected chi connectivity index (χ1v) is 28.5. The van der Waals surface area contributed by atoms with Crippen molar-refractivity contribution in [3.05, 3.63) is 34.9 Å². The molecule has 0 saturated heterocycles. The summed E-state index contributed by atoms with van der Waals surface area (Å²) in [5.74, 6) is 8.13. The van der Waals surface area contributed by atoms with Crippen LogP contribution in [-0.2, 0) is 13.3 Å². The van der Waals surface area contributed by atoms with E-state index in [0.717, 1.165) is 25.7 Å². The third-order valence-corrected chi connectivity index (χ3v) is 22.5. The first kappa shape index (κ1) is 41.7. The van der Waals surface area contributed by atoms with Crippen LogP contribution in [0.15, 0.2) is 34.9 Å². The maximum absolute atomic E-state index is 7.10. The molecule has 274 valence electrons. The lowest BCUT2D eigenvalue weighted by Gasteiger charge is -2.49. The van der Waals surface area contributed by atoms with Gasteiger partial charge in [0.2, 0.25) is 0 Å². The van der Waals surface area contributed by atoms with Crippen LogP contribution in [0.5, 0.6) is 0 Å². The molecule has 0 amide bonds. The summed E-state index contributed by atoms with van der Waals surface area (Å²) < 4.78 is 20.6. The molecule has 3 rings (SSSR count). The summed E-state index contributed by atoms with van der Waals surface area (Å²) in [5.41, 5.74) is 4.68. The Morgan fingerprint density at radius 3 is 1.92 bits per heavy atom. The lowest BCUT2D eigenvalue weighted by atomic mass is 9.55. The van der Waals surface area contributed by atoms with Crippen LogP contribution < -0.4 is 0 Å². The molecule has 3 aliphatic carbocycles. The van der Waals surface area contributed by atoms with E-state index in [0.29, 0.717) is 11.8 Å². The highest BCUT2D eigenvalue weighted by Crippen LogP contribution is 2.55. The predicted molar refractivity (Wildman–Crippen MR) is 217 cm³/mol. The topological polar surface area (TPSA) is 27.7 Å². The van der Waals surface area contributed by atoms with Gasteiger partial charge in [0.15, 0.2) is 25.0 Å². The minimum absolute atomic E-state index is 0.200. The van der Waals surface area contributed by atoms with Crippen LogP contribution in [0.2, 0.25) is 55.9 Å². The van der Waals surface area contributed by atoms with Gasteiger partial charge in [0, 0.05) is 6.42 Å². The second-order valence-corrected chi connectivity index (χ2v) is 34.3. The molecular weight excluding hydrogens is 637 g/mol. The van der Waals surface area contributed by atoms with Gasteiger partial charge in [0.05, 0.1) is 12.2 Å². The zero-order valence-electron chi connectivity index (χ0n) is 34.6. The van der Waals surface area contributed by atoms with Crippen molar-refractivity contribution in [2.45, 2.75) is 201 Å². The Balaban J connectivity index is 1.85. The molecule has 5 atom stereocenters. The van der Waals surface area contributed by atoms with Gasteiger partial charge in [0.25, 0.3) is 0 Å². The largest absolute Gasteiger partial charge is 0.414 e. The van der Waals surface area contributed by atoms with E-state index in [4.69, 9.17) is 13.3 Å². The molecule has 2 fully saturated rings. The molecular formula is C42H76O3Si3. The maximum Gasteiger partial charge on any atom is 0.192 e. The van der Waals surface area contributed by atoms with Gasteiger partial charge in [-0.25, -0.2) is 0 Å². The molecule has 3 aliphatic rings. The first-order valence-electron chi connectivity index (χ1n) is 19.3. The van der Waals surface area contributed by atoms with E-state index in [9.17, 15) is 0 Å². The highest BCUT2D eigenvalue weighted by atomic mass is 28.4. The van der Waals surface area contributed by atoms with Gasteiger partial charge in [-0.2, -0.15) is 0 Å². The van der Waals surface area contributed by atoms with Crippen LogP contribution in [0.25, 0.3) is 0 Å². The molecule has 0 N–H and O–H groups in total. The summed E-state index contributed by atoms with van der Waals surface area (Å²) in [6.07, 6.45) is 18.3. The van der Waals surface area contributed by atoms with Crippen molar-refractivity contribution < 1.29 is 13.3 Å². The Labute approximate surface area is 301 Å². The van der Waals surface area contributed by atoms with Crippen molar-refractivity contribution in [1.29, 1.82) is 0 Å². The standard InChI is InChI=1S/C42H76O3Si3/c1-32(21-19-27-41(8,9)45-46(11,12)13)37-23-18-24-38-34(22-20-28-42(37,38)10)26-25-33-29-35(43-47(14,15)39(2,3)4)31-36(30-33)44-48(16,17)40(5,6)7/h23,25-26,32,35-36,38H,18,20-22,24,28-31H2,1-17H3/b34-26+/t32-,35-,36-,38+,42-/m1/s1. The van der Waals surface area contributed by atoms with Crippen molar-refractivity contribution in [3.8, 4) is 11.8 Å². The van der Waals surface area contributed by atoms with Gasteiger partial charge in [-0.3, -0.25) is 0 Å². The summed E-state index contributed by atoms with van der Waals surface area (Å²) in [6.45, 7) is 39.7. The lowest BCUT2D eigenvalue weighted by Crippen LogP contribution is -2.48. The van der Waals surface area contributed by atoms with E-state index >= 15 is 0 Å². The van der Waals surface area contributed by atoms with Crippen LogP contribution in [0.3, 0.4) is 0 Å². The summed E-state index contributed by atoms with van der Waals surface area (Å²) in [4.78, 5) is 0. The molecule has 0 heterocycles. The quantitative estimate of drug-likeness (QED) is 0.135. The molecule has 48 heavy (non-hydrogen) atoms. The zero-order valence-corrected chi connectivity index (χ0v) is 37.6. The van der Waals surface area contributed by atoms with E-state index < -0.39 is 25.0 Å². The van der Waals surface area contributed by atoms with Crippen LogP contribution in [0.1, 0.15) is 127 Å². The normalized spacial score (nSPS) is 27.9. The van der Waals surface area contributed by atoms with Crippen molar-refractivity contribution in [2.24, 2.45) is 17.3 Å². The Bertz CT molecular complexity index is 1230. The average Bonchev–Trinajstić information content (AvgIpc) is 2.87. The van der Waals surface area contributed by atoms with E-state index in [2.05, 4.69) is 145 Å². The Morgan fingerprint density at radius 1 is 0.875 bits per heavy atom. The smallest absolute Gasteiger partial charge is 0.192 e. The third-order valence-electron chi connectivity index (χ3n) is 12.3. The van der Waals surface area contributed by atoms with E-state index in [1.807, 2.05) is 0 Å². The highest BCUT2D eigenvalue weighted by Gasteiger charge is 2.46. The van der Waals surface area contributed by atoms with Gasteiger partial charge >= 0.3 is 0 Å². The fourth-order valence-electron chi connectivity index (χ4n) is 8.04. The Morgan fingerprint density at radius 2 is 1.42 bits per heavy atom. The Kier molecular flexibility index (Phi) is 13.1. The minimum Gasteiger partial charge on any atom is -0.414 e. The molecule has 0 aliphatic heterocycles. The molecule has 2 saturated carbocycles. The molecule has 6 heteroatoms. The molecule has 3 nitrogen and oxygen atoms in total. The van der Waals surface area contributed by atoms with E-state index in [1.165, 1.54) is 37.7 Å². The maximum atomic E-state index is 7.10. The van der Waals surface area contributed by atoms with Crippen LogP contribution in [0, 0.1) is 29.1 Å². The van der Waals surface area contributed by atoms with Gasteiger partial charge in [-0.15, -0.1) is 0 Å². The fraction of sp³-hybridized carbons (Fsp3) is 0.810. The Hall–Kier alpha value is -0.689. The zero-order chi connectivity index (χ0) is 36.6. The second kappa shape index (κ2) is 15.1. The summed E-state index contributed by atoms with van der Waals surface area (Å²) >= 11 is 0. The third kappa shape index (κ3) is 10.9. The summed E-state index contributed by atoms with van der Waals surface area (Å²) in [6, 6.07) is 0. The predicted octanol–water partition coefficient (Wildman–Crippen LogP) is 13.0. The van der Waals surface area contributed by atoms with Crippen molar-refractivity contribution in [2.75, 3.05) is 0 Å². The number of hydrogen-bond acceptors (Lipinski definition) is 3. The highest BCUT2D eigenvalue weighted by molar-refractivity contribution is 6.74. The van der Waals surface area contributed by atoms with Crippen LogP contribution in [-0.4, -0.2) is 42.8 Å². The lowest BCUT2D eigenvalue weighted by molar-refractivity contribution is 0.0725. The molecule has 0 aromatic rings. The summed E-state index contributed by atoms with van der Waals surface area (Å²) in [7, 11) is -5.43. The van der Waals surface area contributed by atoms with Crippen molar-refractivity contribution in [3.63, 3.8) is 0 Å². The van der Waals surface area contributed by atoms with Gasteiger partial charge in [-0.1, -0.05) is 102 Å². The number of rotatable bonds is 9. The molecule has 0 aromatic heterocycles.